The number of carbonyl (C=O) groups is 1. The first-order valence-corrected chi connectivity index (χ1v) is 6.63. The zero-order chi connectivity index (χ0) is 12.4. The predicted molar refractivity (Wildman–Crippen MR) is 66.4 cm³/mol. The van der Waals surface area contributed by atoms with Gasteiger partial charge in [-0.1, -0.05) is 0 Å². The van der Waals surface area contributed by atoms with Gasteiger partial charge in [-0.2, -0.15) is 0 Å². The molecule has 0 aromatic heterocycles. The van der Waals surface area contributed by atoms with Crippen LogP contribution in [0.4, 0.5) is 0 Å². The van der Waals surface area contributed by atoms with Crippen LogP contribution in [-0.2, 0) is 9.53 Å². The fraction of sp³-hybridized carbons (Fsp3) is 0.923. The highest BCUT2D eigenvalue weighted by Gasteiger charge is 2.46. The maximum absolute atomic E-state index is 12.4. The van der Waals surface area contributed by atoms with Crippen LogP contribution < -0.4 is 5.73 Å². The minimum atomic E-state index is -0.0759. The van der Waals surface area contributed by atoms with Crippen LogP contribution in [0.2, 0.25) is 0 Å². The molecule has 0 aliphatic heterocycles. The Hall–Kier alpha value is -0.610. The van der Waals surface area contributed by atoms with Crippen molar-refractivity contribution in [3.63, 3.8) is 0 Å². The first kappa shape index (κ1) is 12.8. The highest BCUT2D eigenvalue weighted by molar-refractivity contribution is 5.80. The molecule has 2 aliphatic carbocycles. The van der Waals surface area contributed by atoms with E-state index in [1.165, 1.54) is 25.7 Å². The number of nitrogens with zero attached hydrogens (tertiary/aromatic N) is 1. The predicted octanol–water partition coefficient (Wildman–Crippen LogP) is 0.855. The van der Waals surface area contributed by atoms with Gasteiger partial charge < -0.3 is 15.4 Å². The van der Waals surface area contributed by atoms with Crippen molar-refractivity contribution in [3.05, 3.63) is 0 Å². The normalized spacial score (nSPS) is 21.6. The molecule has 0 spiro atoms. The van der Waals surface area contributed by atoms with Crippen molar-refractivity contribution in [2.24, 2.45) is 23.5 Å². The van der Waals surface area contributed by atoms with Gasteiger partial charge in [-0.05, 0) is 37.5 Å². The Morgan fingerprint density at radius 1 is 1.35 bits per heavy atom. The van der Waals surface area contributed by atoms with Crippen LogP contribution in [0, 0.1) is 17.8 Å². The second-order valence-electron chi connectivity index (χ2n) is 5.63. The van der Waals surface area contributed by atoms with Gasteiger partial charge in [-0.15, -0.1) is 0 Å². The van der Waals surface area contributed by atoms with E-state index >= 15 is 0 Å². The van der Waals surface area contributed by atoms with Crippen LogP contribution in [-0.4, -0.2) is 44.2 Å². The molecule has 0 heterocycles. The van der Waals surface area contributed by atoms with E-state index in [1.807, 2.05) is 11.9 Å². The van der Waals surface area contributed by atoms with E-state index in [0.717, 1.165) is 0 Å². The molecule has 0 radical (unpaired) electrons. The highest BCUT2D eigenvalue weighted by atomic mass is 16.5. The molecule has 2 aliphatic rings. The van der Waals surface area contributed by atoms with Crippen LogP contribution in [0.3, 0.4) is 0 Å². The molecule has 0 aromatic carbocycles. The summed E-state index contributed by atoms with van der Waals surface area (Å²) in [5.41, 5.74) is 5.89. The smallest absolute Gasteiger partial charge is 0.226 e. The molecule has 17 heavy (non-hydrogen) atoms. The first-order chi connectivity index (χ1) is 8.13. The fourth-order valence-corrected chi connectivity index (χ4v) is 2.66. The SMILES string of the molecule is COCC(N)CN(C)C(=O)C(C1CC1)C1CC1. The Kier molecular flexibility index (Phi) is 4.05. The minimum Gasteiger partial charge on any atom is -0.383 e. The van der Waals surface area contributed by atoms with Crippen molar-refractivity contribution >= 4 is 5.91 Å². The van der Waals surface area contributed by atoms with E-state index < -0.39 is 0 Å². The molecule has 0 saturated heterocycles. The summed E-state index contributed by atoms with van der Waals surface area (Å²) in [6.45, 7) is 1.11. The largest absolute Gasteiger partial charge is 0.383 e. The molecule has 4 nitrogen and oxygen atoms in total. The van der Waals surface area contributed by atoms with Crippen LogP contribution in [0.5, 0.6) is 0 Å². The van der Waals surface area contributed by atoms with Gasteiger partial charge in [0.05, 0.1) is 6.61 Å². The number of hydrogen-bond acceptors (Lipinski definition) is 3. The molecular weight excluding hydrogens is 216 g/mol. The van der Waals surface area contributed by atoms with Gasteiger partial charge in [-0.25, -0.2) is 0 Å². The summed E-state index contributed by atoms with van der Waals surface area (Å²) in [6.07, 6.45) is 4.96. The third-order valence-electron chi connectivity index (χ3n) is 3.81. The van der Waals surface area contributed by atoms with Crippen LogP contribution in [0.1, 0.15) is 25.7 Å². The van der Waals surface area contributed by atoms with Gasteiger partial charge in [0.2, 0.25) is 5.91 Å². The lowest BCUT2D eigenvalue weighted by Crippen LogP contribution is -2.44. The topological polar surface area (TPSA) is 55.6 Å². The van der Waals surface area contributed by atoms with Crippen molar-refractivity contribution < 1.29 is 9.53 Å². The zero-order valence-electron chi connectivity index (χ0n) is 10.9. The van der Waals surface area contributed by atoms with Crippen molar-refractivity contribution in [1.29, 1.82) is 0 Å². The Morgan fingerprint density at radius 2 is 1.88 bits per heavy atom. The van der Waals surface area contributed by atoms with E-state index in [1.54, 1.807) is 7.11 Å². The van der Waals surface area contributed by atoms with Crippen molar-refractivity contribution in [2.75, 3.05) is 27.3 Å². The first-order valence-electron chi connectivity index (χ1n) is 6.63. The summed E-state index contributed by atoms with van der Waals surface area (Å²) < 4.78 is 5.00. The third kappa shape index (κ3) is 3.42. The van der Waals surface area contributed by atoms with Gasteiger partial charge in [-0.3, -0.25) is 4.79 Å². The average molecular weight is 240 g/mol. The monoisotopic (exact) mass is 240 g/mol. The summed E-state index contributed by atoms with van der Waals surface area (Å²) in [5.74, 6) is 1.92. The van der Waals surface area contributed by atoms with Gasteiger partial charge >= 0.3 is 0 Å². The number of methoxy groups -OCH3 is 1. The van der Waals surface area contributed by atoms with Crippen LogP contribution >= 0.6 is 0 Å². The molecule has 1 unspecified atom stereocenters. The number of ether oxygens (including phenoxy) is 1. The Balaban J connectivity index is 1.84. The molecule has 2 N–H and O–H groups in total. The molecule has 0 bridgehead atoms. The fourth-order valence-electron chi connectivity index (χ4n) is 2.66. The van der Waals surface area contributed by atoms with Crippen LogP contribution in [0.25, 0.3) is 0 Å². The van der Waals surface area contributed by atoms with E-state index in [0.29, 0.717) is 30.9 Å². The van der Waals surface area contributed by atoms with Crippen LogP contribution in [0.15, 0.2) is 0 Å². The van der Waals surface area contributed by atoms with Crippen molar-refractivity contribution in [1.82, 2.24) is 4.90 Å². The molecule has 1 amide bonds. The molecule has 2 rings (SSSR count). The summed E-state index contributed by atoms with van der Waals surface area (Å²) in [7, 11) is 3.51. The van der Waals surface area contributed by atoms with E-state index in [2.05, 4.69) is 0 Å². The maximum Gasteiger partial charge on any atom is 0.226 e. The maximum atomic E-state index is 12.4. The quantitative estimate of drug-likeness (QED) is 0.718. The standard InChI is InChI=1S/C13H24N2O2/c1-15(7-11(14)8-17-2)13(16)12(9-3-4-9)10-5-6-10/h9-12H,3-8,14H2,1-2H3. The van der Waals surface area contributed by atoms with E-state index in [4.69, 9.17) is 10.5 Å². The van der Waals surface area contributed by atoms with Gasteiger partial charge in [0.25, 0.3) is 0 Å². The van der Waals surface area contributed by atoms with Crippen molar-refractivity contribution in [3.8, 4) is 0 Å². The molecule has 4 heteroatoms. The number of carbonyl (C=O) groups excluding carboxylic acids is 1. The summed E-state index contributed by atoms with van der Waals surface area (Å²) >= 11 is 0. The minimum absolute atomic E-state index is 0.0759. The van der Waals surface area contributed by atoms with E-state index in [-0.39, 0.29) is 12.0 Å². The number of likely N-dealkylation sites (N-methyl/N-ethyl adjacent to an activating group) is 1. The lowest BCUT2D eigenvalue weighted by Gasteiger charge is -2.26. The average Bonchev–Trinajstić information content (AvgIpc) is 3.12. The molecule has 2 saturated carbocycles. The Bertz CT molecular complexity index is 263. The number of hydrogen-bond donors (Lipinski definition) is 1. The molecule has 1 atom stereocenters. The third-order valence-corrected chi connectivity index (χ3v) is 3.81. The summed E-state index contributed by atoms with van der Waals surface area (Å²) in [4.78, 5) is 14.2. The van der Waals surface area contributed by atoms with E-state index in [9.17, 15) is 4.79 Å². The molecular formula is C13H24N2O2. The summed E-state index contributed by atoms with van der Waals surface area (Å²) in [5, 5.41) is 0. The number of amides is 1. The lowest BCUT2D eigenvalue weighted by molar-refractivity contribution is -0.136. The van der Waals surface area contributed by atoms with Crippen molar-refractivity contribution in [2.45, 2.75) is 31.7 Å². The second-order valence-corrected chi connectivity index (χ2v) is 5.63. The number of nitrogens with two attached hydrogens (primary N) is 1. The highest BCUT2D eigenvalue weighted by Crippen LogP contribution is 2.49. The molecule has 2 fully saturated rings. The number of rotatable bonds is 7. The molecule has 0 aromatic rings. The molecule has 98 valence electrons. The van der Waals surface area contributed by atoms with Gasteiger partial charge in [0, 0.05) is 32.7 Å². The van der Waals surface area contributed by atoms with Gasteiger partial charge in [0.15, 0.2) is 0 Å². The second kappa shape index (κ2) is 5.36. The lowest BCUT2D eigenvalue weighted by atomic mass is 9.96. The Morgan fingerprint density at radius 3 is 2.29 bits per heavy atom. The summed E-state index contributed by atoms with van der Waals surface area (Å²) in [6, 6.07) is -0.0759. The Labute approximate surface area is 103 Å². The van der Waals surface area contributed by atoms with Gasteiger partial charge in [0.1, 0.15) is 0 Å². The zero-order valence-corrected chi connectivity index (χ0v) is 10.9.